The zero-order chi connectivity index (χ0) is 22.8. The number of para-hydroxylation sites is 1. The van der Waals surface area contributed by atoms with Gasteiger partial charge in [0, 0.05) is 17.9 Å². The molecule has 4 aromatic rings. The molecular weight excluding hydrogens is 437 g/mol. The Balaban J connectivity index is 1.36. The number of halogens is 1. The maximum atomic E-state index is 14.4. The standard InChI is InChI=1S/C26H22FN3O2S/c27-21-10-5-11-22-24(21)25(32)30(20-8-2-1-3-9-20)26(29-22)33-15-14-23(31)28-19-13-12-17-6-4-7-18(17)16-19/h1-3,5,8-13,16H,4,6-7,14-15H2,(H,28,31). The second kappa shape index (κ2) is 9.19. The summed E-state index contributed by atoms with van der Waals surface area (Å²) in [5.41, 5.74) is 3.92. The van der Waals surface area contributed by atoms with Crippen LogP contribution in [0, 0.1) is 5.82 Å². The smallest absolute Gasteiger partial charge is 0.269 e. The highest BCUT2D eigenvalue weighted by atomic mass is 32.2. The molecule has 0 saturated carbocycles. The molecule has 1 aliphatic rings. The number of carbonyl (C=O) groups excluding carboxylic acids is 1. The Labute approximate surface area is 194 Å². The molecule has 1 N–H and O–H groups in total. The molecule has 0 saturated heterocycles. The molecule has 0 spiro atoms. The highest BCUT2D eigenvalue weighted by molar-refractivity contribution is 7.99. The number of aryl methyl sites for hydroxylation is 2. The van der Waals surface area contributed by atoms with Gasteiger partial charge in [0.2, 0.25) is 5.91 Å². The third-order valence-corrected chi connectivity index (χ3v) is 6.71. The van der Waals surface area contributed by atoms with E-state index in [1.807, 2.05) is 24.3 Å². The van der Waals surface area contributed by atoms with Crippen LogP contribution in [0.3, 0.4) is 0 Å². The number of hydrogen-bond donors (Lipinski definition) is 1. The van der Waals surface area contributed by atoms with Gasteiger partial charge in [0.25, 0.3) is 5.56 Å². The van der Waals surface area contributed by atoms with Crippen LogP contribution in [-0.4, -0.2) is 21.2 Å². The lowest BCUT2D eigenvalue weighted by Gasteiger charge is -2.13. The van der Waals surface area contributed by atoms with Gasteiger partial charge in [-0.1, -0.05) is 42.1 Å². The van der Waals surface area contributed by atoms with Crippen LogP contribution in [0.4, 0.5) is 10.1 Å². The summed E-state index contributed by atoms with van der Waals surface area (Å²) < 4.78 is 15.8. The number of nitrogens with one attached hydrogen (secondary N) is 1. The van der Waals surface area contributed by atoms with Crippen molar-refractivity contribution in [3.63, 3.8) is 0 Å². The second-order valence-electron chi connectivity index (χ2n) is 7.99. The molecule has 1 aromatic heterocycles. The summed E-state index contributed by atoms with van der Waals surface area (Å²) in [5.74, 6) is -0.266. The average Bonchev–Trinajstić information content (AvgIpc) is 3.27. The van der Waals surface area contributed by atoms with E-state index in [0.717, 1.165) is 24.9 Å². The van der Waals surface area contributed by atoms with Crippen molar-refractivity contribution in [3.05, 3.63) is 94.0 Å². The number of benzene rings is 3. The molecule has 7 heteroatoms. The Morgan fingerprint density at radius 1 is 1.03 bits per heavy atom. The largest absolute Gasteiger partial charge is 0.326 e. The quantitative estimate of drug-likeness (QED) is 0.321. The Hall–Kier alpha value is -3.45. The maximum absolute atomic E-state index is 14.4. The number of nitrogens with zero attached hydrogens (tertiary/aromatic N) is 2. The van der Waals surface area contributed by atoms with Crippen LogP contribution in [-0.2, 0) is 17.6 Å². The molecule has 166 valence electrons. The van der Waals surface area contributed by atoms with Crippen LogP contribution in [0.2, 0.25) is 0 Å². The van der Waals surface area contributed by atoms with Crippen molar-refractivity contribution < 1.29 is 9.18 Å². The van der Waals surface area contributed by atoms with Gasteiger partial charge >= 0.3 is 0 Å². The van der Waals surface area contributed by atoms with Gasteiger partial charge in [-0.25, -0.2) is 9.37 Å². The van der Waals surface area contributed by atoms with Crippen molar-refractivity contribution in [3.8, 4) is 5.69 Å². The van der Waals surface area contributed by atoms with E-state index in [1.165, 1.54) is 39.6 Å². The lowest BCUT2D eigenvalue weighted by Crippen LogP contribution is -2.23. The van der Waals surface area contributed by atoms with Crippen LogP contribution < -0.4 is 10.9 Å². The SMILES string of the molecule is O=C(CCSc1nc2cccc(F)c2c(=O)n1-c1ccccc1)Nc1ccc2c(c1)CCC2. The number of carbonyl (C=O) groups is 1. The van der Waals surface area contributed by atoms with Crippen molar-refractivity contribution in [2.24, 2.45) is 0 Å². The highest BCUT2D eigenvalue weighted by Gasteiger charge is 2.17. The number of thioether (sulfide) groups is 1. The minimum atomic E-state index is -0.597. The summed E-state index contributed by atoms with van der Waals surface area (Å²) in [7, 11) is 0. The zero-order valence-electron chi connectivity index (χ0n) is 17.9. The topological polar surface area (TPSA) is 64.0 Å². The molecule has 0 fully saturated rings. The lowest BCUT2D eigenvalue weighted by atomic mass is 10.1. The first kappa shape index (κ1) is 21.4. The Bertz CT molecular complexity index is 1400. The molecule has 0 bridgehead atoms. The number of amides is 1. The predicted molar refractivity (Wildman–Crippen MR) is 130 cm³/mol. The second-order valence-corrected chi connectivity index (χ2v) is 9.05. The number of aromatic nitrogens is 2. The summed E-state index contributed by atoms with van der Waals surface area (Å²) in [5, 5.41) is 3.35. The number of anilines is 1. The number of fused-ring (bicyclic) bond motifs is 2. The van der Waals surface area contributed by atoms with Gasteiger partial charge in [0.05, 0.1) is 11.2 Å². The molecule has 5 nitrogen and oxygen atoms in total. The van der Waals surface area contributed by atoms with Gasteiger partial charge in [-0.3, -0.25) is 14.2 Å². The molecule has 0 unspecified atom stereocenters. The minimum Gasteiger partial charge on any atom is -0.326 e. The van der Waals surface area contributed by atoms with Gasteiger partial charge in [0.1, 0.15) is 11.2 Å². The molecule has 1 heterocycles. The summed E-state index contributed by atoms with van der Waals surface area (Å²) in [6.07, 6.45) is 3.58. The van der Waals surface area contributed by atoms with Crippen molar-refractivity contribution in [1.82, 2.24) is 9.55 Å². The molecule has 3 aromatic carbocycles. The number of rotatable bonds is 6. The number of hydrogen-bond acceptors (Lipinski definition) is 4. The fourth-order valence-electron chi connectivity index (χ4n) is 4.18. The predicted octanol–water partition coefficient (Wildman–Crippen LogP) is 5.13. The third-order valence-electron chi connectivity index (χ3n) is 5.77. The van der Waals surface area contributed by atoms with Gasteiger partial charge in [-0.2, -0.15) is 0 Å². The Morgan fingerprint density at radius 2 is 1.85 bits per heavy atom. The Morgan fingerprint density at radius 3 is 2.70 bits per heavy atom. The van der Waals surface area contributed by atoms with Crippen LogP contribution in [0.5, 0.6) is 0 Å². The van der Waals surface area contributed by atoms with Crippen LogP contribution >= 0.6 is 11.8 Å². The molecule has 33 heavy (non-hydrogen) atoms. The van der Waals surface area contributed by atoms with Gasteiger partial charge in [-0.05, 0) is 66.8 Å². The first-order chi connectivity index (χ1) is 16.1. The first-order valence-electron chi connectivity index (χ1n) is 10.9. The van der Waals surface area contributed by atoms with E-state index in [1.54, 1.807) is 18.2 Å². The van der Waals surface area contributed by atoms with Gasteiger partial charge in [0.15, 0.2) is 5.16 Å². The van der Waals surface area contributed by atoms with E-state index in [-0.39, 0.29) is 17.7 Å². The molecule has 1 amide bonds. The van der Waals surface area contributed by atoms with Gasteiger partial charge < -0.3 is 5.32 Å². The summed E-state index contributed by atoms with van der Waals surface area (Å²) in [4.78, 5) is 30.3. The fourth-order valence-corrected chi connectivity index (χ4v) is 5.13. The summed E-state index contributed by atoms with van der Waals surface area (Å²) in [6.45, 7) is 0. The normalized spacial score (nSPS) is 12.6. The molecule has 5 rings (SSSR count). The van der Waals surface area contributed by atoms with Gasteiger partial charge in [-0.15, -0.1) is 0 Å². The van der Waals surface area contributed by atoms with Crippen molar-refractivity contribution in [2.45, 2.75) is 30.8 Å². The molecule has 0 atom stereocenters. The molecular formula is C26H22FN3O2S. The monoisotopic (exact) mass is 459 g/mol. The van der Waals surface area contributed by atoms with Crippen molar-refractivity contribution in [1.29, 1.82) is 0 Å². The summed E-state index contributed by atoms with van der Waals surface area (Å²) in [6, 6.07) is 19.5. The first-order valence-corrected chi connectivity index (χ1v) is 11.9. The minimum absolute atomic E-state index is 0.0416. The van der Waals surface area contributed by atoms with Crippen LogP contribution in [0.1, 0.15) is 24.0 Å². The lowest BCUT2D eigenvalue weighted by molar-refractivity contribution is -0.115. The fraction of sp³-hybridized carbons (Fsp3) is 0.192. The van der Waals surface area contributed by atoms with E-state index in [9.17, 15) is 14.0 Å². The van der Waals surface area contributed by atoms with Crippen LogP contribution in [0.25, 0.3) is 16.6 Å². The van der Waals surface area contributed by atoms with E-state index in [0.29, 0.717) is 22.1 Å². The van der Waals surface area contributed by atoms with E-state index >= 15 is 0 Å². The molecule has 1 aliphatic carbocycles. The van der Waals surface area contributed by atoms with E-state index in [4.69, 9.17) is 0 Å². The summed E-state index contributed by atoms with van der Waals surface area (Å²) >= 11 is 1.30. The van der Waals surface area contributed by atoms with Crippen molar-refractivity contribution in [2.75, 3.05) is 11.1 Å². The van der Waals surface area contributed by atoms with E-state index < -0.39 is 11.4 Å². The average molecular weight is 460 g/mol. The third kappa shape index (κ3) is 4.41. The molecule has 0 radical (unpaired) electrons. The molecule has 0 aliphatic heterocycles. The Kier molecular flexibility index (Phi) is 5.96. The highest BCUT2D eigenvalue weighted by Crippen LogP contribution is 2.26. The van der Waals surface area contributed by atoms with Crippen LogP contribution in [0.15, 0.2) is 76.7 Å². The zero-order valence-corrected chi connectivity index (χ0v) is 18.7. The maximum Gasteiger partial charge on any atom is 0.269 e. The van der Waals surface area contributed by atoms with E-state index in [2.05, 4.69) is 22.4 Å². The van der Waals surface area contributed by atoms with Crippen molar-refractivity contribution >= 4 is 34.3 Å².